The van der Waals surface area contributed by atoms with Crippen LogP contribution in [0.25, 0.3) is 0 Å². The van der Waals surface area contributed by atoms with E-state index in [0.29, 0.717) is 6.04 Å². The number of rotatable bonds is 7. The van der Waals surface area contributed by atoms with Crippen LogP contribution >= 0.6 is 0 Å². The van der Waals surface area contributed by atoms with Gasteiger partial charge in [-0.15, -0.1) is 0 Å². The van der Waals surface area contributed by atoms with Gasteiger partial charge in [0.25, 0.3) is 0 Å². The Labute approximate surface area is 126 Å². The van der Waals surface area contributed by atoms with Crippen molar-refractivity contribution < 1.29 is 4.74 Å². The predicted molar refractivity (Wildman–Crippen MR) is 86.0 cm³/mol. The molecule has 20 heavy (non-hydrogen) atoms. The first-order valence-corrected chi connectivity index (χ1v) is 9.09. The molecule has 2 nitrogen and oxygen atoms in total. The van der Waals surface area contributed by atoms with Gasteiger partial charge in [-0.25, -0.2) is 0 Å². The second kappa shape index (κ2) is 7.79. The van der Waals surface area contributed by atoms with Gasteiger partial charge in [-0.2, -0.15) is 0 Å². The quantitative estimate of drug-likeness (QED) is 0.740. The Morgan fingerprint density at radius 2 is 1.90 bits per heavy atom. The van der Waals surface area contributed by atoms with E-state index in [1.54, 1.807) is 0 Å². The minimum Gasteiger partial charge on any atom is -0.374 e. The van der Waals surface area contributed by atoms with E-state index in [-0.39, 0.29) is 5.60 Å². The fourth-order valence-electron chi connectivity index (χ4n) is 4.67. The van der Waals surface area contributed by atoms with Gasteiger partial charge in [-0.05, 0) is 57.4 Å². The average Bonchev–Trinajstić information content (AvgIpc) is 2.89. The first-order valence-electron chi connectivity index (χ1n) is 9.09. The average molecular weight is 281 g/mol. The molecule has 0 radical (unpaired) electrons. The van der Waals surface area contributed by atoms with Gasteiger partial charge in [0.15, 0.2) is 0 Å². The highest BCUT2D eigenvalue weighted by atomic mass is 16.5. The Balaban J connectivity index is 2.11. The van der Waals surface area contributed by atoms with Crippen LogP contribution in [0.5, 0.6) is 0 Å². The highest BCUT2D eigenvalue weighted by molar-refractivity contribution is 5.01. The second-order valence-corrected chi connectivity index (χ2v) is 7.17. The van der Waals surface area contributed by atoms with Gasteiger partial charge in [0, 0.05) is 12.6 Å². The van der Waals surface area contributed by atoms with Gasteiger partial charge in [0.1, 0.15) is 0 Å². The summed E-state index contributed by atoms with van der Waals surface area (Å²) in [6.45, 7) is 8.89. The summed E-state index contributed by atoms with van der Waals surface area (Å²) in [5.74, 6) is 1.73. The van der Waals surface area contributed by atoms with Gasteiger partial charge in [0.2, 0.25) is 0 Å². The smallest absolute Gasteiger partial charge is 0.0837 e. The van der Waals surface area contributed by atoms with Crippen LogP contribution in [0.4, 0.5) is 0 Å². The topological polar surface area (TPSA) is 21.3 Å². The number of ether oxygens (including phenoxy) is 1. The number of nitrogens with one attached hydrogen (secondary N) is 1. The van der Waals surface area contributed by atoms with Crippen LogP contribution in [-0.2, 0) is 4.74 Å². The van der Waals surface area contributed by atoms with E-state index in [4.69, 9.17) is 4.74 Å². The molecule has 0 spiro atoms. The van der Waals surface area contributed by atoms with Crippen molar-refractivity contribution in [3.63, 3.8) is 0 Å². The molecule has 0 saturated heterocycles. The lowest BCUT2D eigenvalue weighted by Gasteiger charge is -2.44. The molecule has 2 aliphatic rings. The third-order valence-electron chi connectivity index (χ3n) is 5.51. The minimum atomic E-state index is 0.144. The monoisotopic (exact) mass is 281 g/mol. The third kappa shape index (κ3) is 3.76. The lowest BCUT2D eigenvalue weighted by molar-refractivity contribution is -0.0806. The Morgan fingerprint density at radius 3 is 2.50 bits per heavy atom. The standard InChI is InChI=1S/C18H35NO/c1-4-13-19-17(16-10-8-9-15(3)14-16)18(20-5-2)11-6-7-12-18/h15-17,19H,4-14H2,1-3H3. The first kappa shape index (κ1) is 16.3. The summed E-state index contributed by atoms with van der Waals surface area (Å²) in [4.78, 5) is 0. The van der Waals surface area contributed by atoms with Gasteiger partial charge in [0.05, 0.1) is 5.60 Å². The molecule has 3 atom stereocenters. The SMILES string of the molecule is CCCNC(C1CCCC(C)C1)C1(OCC)CCCC1. The van der Waals surface area contributed by atoms with Gasteiger partial charge < -0.3 is 10.1 Å². The molecule has 1 N–H and O–H groups in total. The van der Waals surface area contributed by atoms with Gasteiger partial charge in [-0.1, -0.05) is 39.5 Å². The molecule has 118 valence electrons. The fourth-order valence-corrected chi connectivity index (χ4v) is 4.67. The minimum absolute atomic E-state index is 0.144. The van der Waals surface area contributed by atoms with Crippen LogP contribution in [-0.4, -0.2) is 24.8 Å². The Morgan fingerprint density at radius 1 is 1.15 bits per heavy atom. The zero-order valence-electron chi connectivity index (χ0n) is 13.9. The normalized spacial score (nSPS) is 31.4. The summed E-state index contributed by atoms with van der Waals surface area (Å²) in [7, 11) is 0. The van der Waals surface area contributed by atoms with Crippen molar-refractivity contribution in [3.05, 3.63) is 0 Å². The molecule has 0 aliphatic heterocycles. The zero-order chi connectivity index (χ0) is 14.4. The van der Waals surface area contributed by atoms with E-state index < -0.39 is 0 Å². The van der Waals surface area contributed by atoms with E-state index in [1.807, 2.05) is 0 Å². The summed E-state index contributed by atoms with van der Waals surface area (Å²) in [5, 5.41) is 3.90. The van der Waals surface area contributed by atoms with E-state index in [1.165, 1.54) is 57.8 Å². The van der Waals surface area contributed by atoms with Crippen LogP contribution in [0.15, 0.2) is 0 Å². The van der Waals surface area contributed by atoms with Gasteiger partial charge >= 0.3 is 0 Å². The Bertz CT molecular complexity index is 273. The number of hydrogen-bond acceptors (Lipinski definition) is 2. The fraction of sp³-hybridized carbons (Fsp3) is 1.00. The molecule has 0 bridgehead atoms. The molecule has 2 fully saturated rings. The van der Waals surface area contributed by atoms with Crippen LogP contribution < -0.4 is 5.32 Å². The van der Waals surface area contributed by atoms with E-state index in [2.05, 4.69) is 26.1 Å². The predicted octanol–water partition coefficient (Wildman–Crippen LogP) is 4.53. The second-order valence-electron chi connectivity index (χ2n) is 7.17. The van der Waals surface area contributed by atoms with E-state index >= 15 is 0 Å². The highest BCUT2D eigenvalue weighted by Gasteiger charge is 2.45. The maximum Gasteiger partial charge on any atom is 0.0837 e. The molecule has 0 aromatic heterocycles. The summed E-state index contributed by atoms with van der Waals surface area (Å²) < 4.78 is 6.38. The maximum atomic E-state index is 6.38. The third-order valence-corrected chi connectivity index (χ3v) is 5.51. The van der Waals surface area contributed by atoms with Crippen LogP contribution in [0.3, 0.4) is 0 Å². The molecule has 2 heteroatoms. The summed E-state index contributed by atoms with van der Waals surface area (Å²) in [6.07, 6.45) is 12.1. The van der Waals surface area contributed by atoms with Crippen molar-refractivity contribution in [2.24, 2.45) is 11.8 Å². The molecule has 0 aromatic carbocycles. The highest BCUT2D eigenvalue weighted by Crippen LogP contribution is 2.43. The molecule has 0 amide bonds. The van der Waals surface area contributed by atoms with E-state index in [0.717, 1.165) is 25.0 Å². The molecule has 2 saturated carbocycles. The number of hydrogen-bond donors (Lipinski definition) is 1. The Kier molecular flexibility index (Phi) is 6.35. The van der Waals surface area contributed by atoms with Crippen LogP contribution in [0.2, 0.25) is 0 Å². The molecular formula is C18H35NO. The molecule has 3 unspecified atom stereocenters. The van der Waals surface area contributed by atoms with Crippen molar-refractivity contribution in [3.8, 4) is 0 Å². The Hall–Kier alpha value is -0.0800. The maximum absolute atomic E-state index is 6.38. The summed E-state index contributed by atoms with van der Waals surface area (Å²) >= 11 is 0. The van der Waals surface area contributed by atoms with E-state index in [9.17, 15) is 0 Å². The summed E-state index contributed by atoms with van der Waals surface area (Å²) in [5.41, 5.74) is 0.144. The largest absolute Gasteiger partial charge is 0.374 e. The lowest BCUT2D eigenvalue weighted by Crippen LogP contribution is -2.56. The van der Waals surface area contributed by atoms with Crippen molar-refractivity contribution in [1.29, 1.82) is 0 Å². The lowest BCUT2D eigenvalue weighted by atomic mass is 9.72. The van der Waals surface area contributed by atoms with Gasteiger partial charge in [-0.3, -0.25) is 0 Å². The zero-order valence-corrected chi connectivity index (χ0v) is 13.9. The first-order chi connectivity index (χ1) is 9.72. The van der Waals surface area contributed by atoms with Crippen molar-refractivity contribution in [2.45, 2.75) is 90.2 Å². The van der Waals surface area contributed by atoms with Crippen molar-refractivity contribution in [2.75, 3.05) is 13.2 Å². The molecule has 0 heterocycles. The molecule has 0 aromatic rings. The molecule has 2 aliphatic carbocycles. The van der Waals surface area contributed by atoms with Crippen LogP contribution in [0.1, 0.15) is 78.6 Å². The molecule has 2 rings (SSSR count). The van der Waals surface area contributed by atoms with Crippen molar-refractivity contribution in [1.82, 2.24) is 5.32 Å². The molecular weight excluding hydrogens is 246 g/mol. The summed E-state index contributed by atoms with van der Waals surface area (Å²) in [6, 6.07) is 0.590. The van der Waals surface area contributed by atoms with Crippen LogP contribution in [0, 0.1) is 11.8 Å². The van der Waals surface area contributed by atoms with Crippen molar-refractivity contribution >= 4 is 0 Å².